The lowest BCUT2D eigenvalue weighted by molar-refractivity contribution is 0.0692. The van der Waals surface area contributed by atoms with Crippen LogP contribution in [-0.4, -0.2) is 31.1 Å². The van der Waals surface area contributed by atoms with Crippen molar-refractivity contribution < 1.29 is 15.0 Å². The molecule has 0 amide bonds. The van der Waals surface area contributed by atoms with Gasteiger partial charge in [-0.3, -0.25) is 0 Å². The topological polar surface area (TPSA) is 99.1 Å². The minimum atomic E-state index is -1.11. The highest BCUT2D eigenvalue weighted by Gasteiger charge is 2.21. The molecule has 6 heteroatoms. The van der Waals surface area contributed by atoms with Crippen LogP contribution in [-0.2, 0) is 5.60 Å². The van der Waals surface area contributed by atoms with E-state index >= 15 is 0 Å². The highest BCUT2D eigenvalue weighted by Crippen LogP contribution is 2.19. The number of rotatable bonds is 2. The fraction of sp³-hybridized carbons (Fsp3) is 0.300. The second-order valence-corrected chi connectivity index (χ2v) is 4.04. The molecule has 0 aliphatic rings. The predicted octanol–water partition coefficient (Wildman–Crippen LogP) is 0.883. The monoisotopic (exact) mass is 221 g/mol. The van der Waals surface area contributed by atoms with Gasteiger partial charge in [0.25, 0.3) is 0 Å². The van der Waals surface area contributed by atoms with Gasteiger partial charge in [-0.05, 0) is 19.9 Å². The van der Waals surface area contributed by atoms with Gasteiger partial charge < -0.3 is 15.2 Å². The van der Waals surface area contributed by atoms with E-state index in [4.69, 9.17) is 5.11 Å². The minimum Gasteiger partial charge on any atom is -0.478 e. The first-order valence-corrected chi connectivity index (χ1v) is 4.70. The van der Waals surface area contributed by atoms with Crippen molar-refractivity contribution in [2.24, 2.45) is 0 Å². The summed E-state index contributed by atoms with van der Waals surface area (Å²) in [6.07, 6.45) is 1.24. The molecule has 0 fully saturated rings. The van der Waals surface area contributed by atoms with E-state index in [1.165, 1.54) is 12.3 Å². The van der Waals surface area contributed by atoms with E-state index < -0.39 is 11.6 Å². The van der Waals surface area contributed by atoms with Crippen molar-refractivity contribution in [3.8, 4) is 0 Å². The van der Waals surface area contributed by atoms with E-state index in [0.717, 1.165) is 0 Å². The highest BCUT2D eigenvalue weighted by molar-refractivity contribution is 5.90. The number of pyridine rings is 1. The molecule has 0 aromatic carbocycles. The maximum atomic E-state index is 10.7. The molecule has 0 radical (unpaired) electrons. The minimum absolute atomic E-state index is 0.0819. The number of hydrogen-bond acceptors (Lipinski definition) is 4. The molecule has 0 aliphatic carbocycles. The van der Waals surface area contributed by atoms with Gasteiger partial charge in [0.05, 0.1) is 11.1 Å². The van der Waals surface area contributed by atoms with E-state index in [1.54, 1.807) is 13.8 Å². The van der Waals surface area contributed by atoms with Gasteiger partial charge in [0, 0.05) is 6.20 Å². The summed E-state index contributed by atoms with van der Waals surface area (Å²) >= 11 is 0. The van der Waals surface area contributed by atoms with Crippen molar-refractivity contribution in [3.05, 3.63) is 23.7 Å². The first kappa shape index (κ1) is 10.6. The Morgan fingerprint density at radius 2 is 2.19 bits per heavy atom. The average Bonchev–Trinajstić information content (AvgIpc) is 2.58. The van der Waals surface area contributed by atoms with Gasteiger partial charge in [-0.15, -0.1) is 0 Å². The number of carboxylic acids is 1. The molecule has 6 nitrogen and oxygen atoms in total. The van der Waals surface area contributed by atoms with Crippen molar-refractivity contribution in [2.45, 2.75) is 19.4 Å². The Bertz CT molecular complexity index is 554. The molecule has 0 unspecified atom stereocenters. The Labute approximate surface area is 91.0 Å². The standard InChI is InChI=1S/C10H11N3O3/c1-10(2,16)9-12-6-3-5(8(14)15)4-11-7(6)13-9/h3-4,16H,1-2H3,(H,14,15)(H,11,12,13). The molecule has 3 N–H and O–H groups in total. The maximum Gasteiger partial charge on any atom is 0.337 e. The fourth-order valence-corrected chi connectivity index (χ4v) is 1.31. The molecule has 0 spiro atoms. The van der Waals surface area contributed by atoms with E-state index in [2.05, 4.69) is 15.0 Å². The van der Waals surface area contributed by atoms with Crippen LogP contribution < -0.4 is 0 Å². The lowest BCUT2D eigenvalue weighted by Gasteiger charge is -2.12. The smallest absolute Gasteiger partial charge is 0.337 e. The summed E-state index contributed by atoms with van der Waals surface area (Å²) in [5.41, 5.74) is -0.137. The third-order valence-corrected chi connectivity index (χ3v) is 2.16. The number of carbonyl (C=O) groups is 1. The van der Waals surface area contributed by atoms with Crippen molar-refractivity contribution in [3.63, 3.8) is 0 Å². The van der Waals surface area contributed by atoms with Crippen molar-refractivity contribution in [2.75, 3.05) is 0 Å². The summed E-state index contributed by atoms with van der Waals surface area (Å²) in [6, 6.07) is 1.44. The molecule has 84 valence electrons. The zero-order valence-corrected chi connectivity index (χ0v) is 8.85. The summed E-state index contributed by atoms with van der Waals surface area (Å²) in [5.74, 6) is -0.689. The van der Waals surface area contributed by atoms with Crippen molar-refractivity contribution >= 4 is 17.1 Å². The summed E-state index contributed by atoms with van der Waals surface area (Å²) < 4.78 is 0. The van der Waals surface area contributed by atoms with E-state index in [0.29, 0.717) is 17.0 Å². The van der Waals surface area contributed by atoms with Gasteiger partial charge in [-0.2, -0.15) is 0 Å². The number of fused-ring (bicyclic) bond motifs is 1. The maximum absolute atomic E-state index is 10.7. The van der Waals surface area contributed by atoms with Crippen LogP contribution >= 0.6 is 0 Å². The molecular weight excluding hydrogens is 210 g/mol. The van der Waals surface area contributed by atoms with Crippen LogP contribution in [0.4, 0.5) is 0 Å². The van der Waals surface area contributed by atoms with Crippen LogP contribution in [0.15, 0.2) is 12.3 Å². The molecule has 0 saturated heterocycles. The summed E-state index contributed by atoms with van der Waals surface area (Å²) in [6.45, 7) is 3.17. The molecule has 2 heterocycles. The van der Waals surface area contributed by atoms with Gasteiger partial charge in [0.15, 0.2) is 5.65 Å². The van der Waals surface area contributed by atoms with Crippen LogP contribution in [0.2, 0.25) is 0 Å². The van der Waals surface area contributed by atoms with E-state index in [9.17, 15) is 9.90 Å². The molecule has 2 aromatic rings. The van der Waals surface area contributed by atoms with Crippen LogP contribution in [0.3, 0.4) is 0 Å². The quantitative estimate of drug-likeness (QED) is 0.699. The largest absolute Gasteiger partial charge is 0.478 e. The molecule has 0 bridgehead atoms. The zero-order chi connectivity index (χ0) is 11.9. The number of imidazole rings is 1. The number of aliphatic hydroxyl groups is 1. The number of hydrogen-bond donors (Lipinski definition) is 3. The summed E-state index contributed by atoms with van der Waals surface area (Å²) in [4.78, 5) is 21.5. The highest BCUT2D eigenvalue weighted by atomic mass is 16.4. The number of aromatic nitrogens is 3. The van der Waals surface area contributed by atoms with Crippen LogP contribution in [0.25, 0.3) is 11.2 Å². The normalized spacial score (nSPS) is 11.9. The van der Waals surface area contributed by atoms with Crippen molar-refractivity contribution in [1.82, 2.24) is 15.0 Å². The van der Waals surface area contributed by atoms with E-state index in [-0.39, 0.29) is 5.56 Å². The Morgan fingerprint density at radius 3 is 2.75 bits per heavy atom. The van der Waals surface area contributed by atoms with Gasteiger partial charge in [0.2, 0.25) is 0 Å². The lowest BCUT2D eigenvalue weighted by Crippen LogP contribution is -2.17. The lowest BCUT2D eigenvalue weighted by atomic mass is 10.1. The Balaban J connectivity index is 2.59. The van der Waals surface area contributed by atoms with Gasteiger partial charge in [-0.1, -0.05) is 0 Å². The molecule has 0 atom stereocenters. The average molecular weight is 221 g/mol. The molecule has 0 saturated carbocycles. The number of aromatic amines is 1. The molecule has 2 rings (SSSR count). The Hall–Kier alpha value is -1.95. The second-order valence-electron chi connectivity index (χ2n) is 4.04. The van der Waals surface area contributed by atoms with Crippen LogP contribution in [0, 0.1) is 0 Å². The van der Waals surface area contributed by atoms with Gasteiger partial charge in [-0.25, -0.2) is 14.8 Å². The van der Waals surface area contributed by atoms with E-state index in [1.807, 2.05) is 0 Å². The third-order valence-electron chi connectivity index (χ3n) is 2.16. The Kier molecular flexibility index (Phi) is 2.16. The Morgan fingerprint density at radius 1 is 1.50 bits per heavy atom. The molecule has 2 aromatic heterocycles. The van der Waals surface area contributed by atoms with Crippen LogP contribution in [0.1, 0.15) is 30.0 Å². The molecule has 16 heavy (non-hydrogen) atoms. The molecule has 0 aliphatic heterocycles. The van der Waals surface area contributed by atoms with Crippen molar-refractivity contribution in [1.29, 1.82) is 0 Å². The summed E-state index contributed by atoms with van der Waals surface area (Å²) in [5, 5.41) is 18.5. The third kappa shape index (κ3) is 1.74. The number of aromatic carboxylic acids is 1. The van der Waals surface area contributed by atoms with Gasteiger partial charge >= 0.3 is 5.97 Å². The first-order valence-electron chi connectivity index (χ1n) is 4.70. The number of nitrogens with zero attached hydrogens (tertiary/aromatic N) is 2. The number of carboxylic acid groups (broad SMARTS) is 1. The fourth-order valence-electron chi connectivity index (χ4n) is 1.31. The predicted molar refractivity (Wildman–Crippen MR) is 56.1 cm³/mol. The first-order chi connectivity index (χ1) is 7.38. The van der Waals surface area contributed by atoms with Gasteiger partial charge in [0.1, 0.15) is 11.4 Å². The summed E-state index contributed by atoms with van der Waals surface area (Å²) in [7, 11) is 0. The number of H-pyrrole nitrogens is 1. The second kappa shape index (κ2) is 3.28. The zero-order valence-electron chi connectivity index (χ0n) is 8.85. The molecular formula is C10H11N3O3. The van der Waals surface area contributed by atoms with Crippen LogP contribution in [0.5, 0.6) is 0 Å². The SMILES string of the molecule is CC(C)(O)c1nc2ncc(C(=O)O)cc2[nH]1. The number of nitrogens with one attached hydrogen (secondary N) is 1.